The van der Waals surface area contributed by atoms with Crippen LogP contribution in [0.25, 0.3) is 0 Å². The lowest BCUT2D eigenvalue weighted by atomic mass is 10.3. The highest BCUT2D eigenvalue weighted by atomic mass is 35.5. The number of hydrogen-bond donors (Lipinski definition) is 2. The molecule has 3 rings (SSSR count). The molecule has 1 aliphatic rings. The molecular formula is C21H25ClN3O7P. The van der Waals surface area contributed by atoms with Gasteiger partial charge in [0.15, 0.2) is 20.8 Å². The first-order valence-corrected chi connectivity index (χ1v) is 12.0. The van der Waals surface area contributed by atoms with Crippen molar-refractivity contribution in [1.82, 2.24) is 14.6 Å². The molecule has 1 aromatic carbocycles. The lowest BCUT2D eigenvalue weighted by molar-refractivity contribution is -0.148. The van der Waals surface area contributed by atoms with Crippen LogP contribution in [0.3, 0.4) is 0 Å². The van der Waals surface area contributed by atoms with E-state index in [4.69, 9.17) is 30.3 Å². The Bertz CT molecular complexity index is 1090. The average molecular weight is 498 g/mol. The molecule has 0 aliphatic carbocycles. The fourth-order valence-corrected chi connectivity index (χ4v) is 4.29. The molecular weight excluding hydrogens is 473 g/mol. The first-order chi connectivity index (χ1) is 15.7. The first-order valence-electron chi connectivity index (χ1n) is 10.2. The van der Waals surface area contributed by atoms with Crippen molar-refractivity contribution in [3.8, 4) is 5.75 Å². The topological polar surface area (TPSA) is 121 Å². The minimum absolute atomic E-state index is 0.0759. The Morgan fingerprint density at radius 2 is 1.97 bits per heavy atom. The van der Waals surface area contributed by atoms with Gasteiger partial charge in [0.2, 0.25) is 0 Å². The number of aromatic nitrogens is 2. The molecule has 2 aromatic rings. The highest BCUT2D eigenvalue weighted by Gasteiger charge is 2.26. The molecule has 0 amide bonds. The fourth-order valence-electron chi connectivity index (χ4n) is 2.76. The molecule has 1 aromatic heterocycles. The summed E-state index contributed by atoms with van der Waals surface area (Å²) in [5.41, 5.74) is -1.33. The summed E-state index contributed by atoms with van der Waals surface area (Å²) in [6, 6.07) is 8.50. The van der Waals surface area contributed by atoms with Crippen LogP contribution in [0.2, 0.25) is 5.02 Å². The second kappa shape index (κ2) is 11.6. The molecule has 0 saturated carbocycles. The number of aromatic amines is 1. The maximum absolute atomic E-state index is 12.2. The number of carbonyl (C=O) groups excluding carboxylic acids is 1. The van der Waals surface area contributed by atoms with Gasteiger partial charge < -0.3 is 18.7 Å². The van der Waals surface area contributed by atoms with Crippen molar-refractivity contribution in [2.45, 2.75) is 45.4 Å². The summed E-state index contributed by atoms with van der Waals surface area (Å²) >= 11 is 5.81. The third-order valence-corrected chi connectivity index (χ3v) is 6.02. The van der Waals surface area contributed by atoms with Crippen LogP contribution in [-0.4, -0.2) is 40.3 Å². The zero-order chi connectivity index (χ0) is 24.0. The molecule has 1 aliphatic heterocycles. The summed E-state index contributed by atoms with van der Waals surface area (Å²) < 4.78 is 23.9. The standard InChI is InChI=1S/C21H25ClN3O7P/c1-13(2)30-20(27)14(3)24-33(32-15-7-5-4-6-8-15)12-29-18-10-9-17(31-18)25-11-16(22)19(26)23-21(25)28/h4-11,13-14,17-18,24H,12H2,1-3H3,(H,23,26,28). The van der Waals surface area contributed by atoms with Crippen LogP contribution in [0.5, 0.6) is 5.75 Å². The maximum Gasteiger partial charge on any atom is 0.330 e. The first kappa shape index (κ1) is 25.1. The van der Waals surface area contributed by atoms with Crippen LogP contribution in [-0.2, 0) is 19.0 Å². The van der Waals surface area contributed by atoms with Gasteiger partial charge in [0, 0.05) is 6.20 Å². The predicted octanol–water partition coefficient (Wildman–Crippen LogP) is 2.90. The van der Waals surface area contributed by atoms with Gasteiger partial charge in [0.25, 0.3) is 5.56 Å². The van der Waals surface area contributed by atoms with Crippen LogP contribution in [0.15, 0.2) is 58.3 Å². The average Bonchev–Trinajstić information content (AvgIpc) is 3.23. The Morgan fingerprint density at radius 3 is 2.67 bits per heavy atom. The predicted molar refractivity (Wildman–Crippen MR) is 123 cm³/mol. The Balaban J connectivity index is 1.62. The molecule has 33 heavy (non-hydrogen) atoms. The lowest BCUT2D eigenvalue weighted by Crippen LogP contribution is -2.35. The van der Waals surface area contributed by atoms with Gasteiger partial charge in [-0.15, -0.1) is 0 Å². The summed E-state index contributed by atoms with van der Waals surface area (Å²) in [5.74, 6) is 0.208. The maximum atomic E-state index is 12.2. The number of carbonyl (C=O) groups is 1. The molecule has 0 radical (unpaired) electrons. The van der Waals surface area contributed by atoms with Crippen molar-refractivity contribution in [1.29, 1.82) is 0 Å². The van der Waals surface area contributed by atoms with E-state index < -0.39 is 44.1 Å². The number of hydrogen-bond acceptors (Lipinski definition) is 8. The van der Waals surface area contributed by atoms with Crippen molar-refractivity contribution in [3.05, 3.63) is 74.5 Å². The number of benzene rings is 1. The van der Waals surface area contributed by atoms with E-state index in [1.54, 1.807) is 45.1 Å². The van der Waals surface area contributed by atoms with Crippen LogP contribution in [0, 0.1) is 0 Å². The summed E-state index contributed by atoms with van der Waals surface area (Å²) in [6.45, 7) is 5.24. The number of H-pyrrole nitrogens is 1. The van der Waals surface area contributed by atoms with E-state index in [0.717, 1.165) is 4.57 Å². The van der Waals surface area contributed by atoms with Crippen molar-refractivity contribution in [2.24, 2.45) is 0 Å². The largest absolute Gasteiger partial charge is 0.462 e. The summed E-state index contributed by atoms with van der Waals surface area (Å²) in [5, 5.41) is 2.97. The monoisotopic (exact) mass is 497 g/mol. The summed E-state index contributed by atoms with van der Waals surface area (Å²) in [4.78, 5) is 37.8. The zero-order valence-corrected chi connectivity index (χ0v) is 19.9. The third kappa shape index (κ3) is 7.25. The second-order valence-electron chi connectivity index (χ2n) is 7.34. The number of rotatable bonds is 10. The molecule has 4 atom stereocenters. The Kier molecular flexibility index (Phi) is 8.82. The molecule has 2 N–H and O–H groups in total. The molecule has 178 valence electrons. The quantitative estimate of drug-likeness (QED) is 0.292. The van der Waals surface area contributed by atoms with E-state index >= 15 is 0 Å². The summed E-state index contributed by atoms with van der Waals surface area (Å²) in [6.07, 6.45) is 2.70. The van der Waals surface area contributed by atoms with Gasteiger partial charge in [-0.05, 0) is 45.1 Å². The smallest absolute Gasteiger partial charge is 0.330 e. The minimum atomic E-state index is -1.46. The number of nitrogens with one attached hydrogen (secondary N) is 2. The molecule has 0 saturated heterocycles. The van der Waals surface area contributed by atoms with Crippen LogP contribution in [0.1, 0.15) is 27.0 Å². The van der Waals surface area contributed by atoms with Crippen molar-refractivity contribution < 1.29 is 23.5 Å². The van der Waals surface area contributed by atoms with Crippen LogP contribution >= 0.6 is 19.9 Å². The van der Waals surface area contributed by atoms with E-state index in [1.807, 2.05) is 18.2 Å². The van der Waals surface area contributed by atoms with Crippen LogP contribution in [0.4, 0.5) is 0 Å². The highest BCUT2D eigenvalue weighted by molar-refractivity contribution is 7.50. The van der Waals surface area contributed by atoms with Gasteiger partial charge in [-0.2, -0.15) is 0 Å². The normalized spacial score (nSPS) is 19.4. The Hall–Kier alpha value is -2.49. The number of nitrogens with zero attached hydrogens (tertiary/aromatic N) is 1. The van der Waals surface area contributed by atoms with Crippen molar-refractivity contribution in [2.75, 3.05) is 6.35 Å². The molecule has 0 bridgehead atoms. The molecule has 4 unspecified atom stereocenters. The molecule has 10 nitrogen and oxygen atoms in total. The second-order valence-corrected chi connectivity index (χ2v) is 9.20. The Morgan fingerprint density at radius 1 is 1.24 bits per heavy atom. The van der Waals surface area contributed by atoms with E-state index in [0.29, 0.717) is 5.75 Å². The molecule has 0 fully saturated rings. The van der Waals surface area contributed by atoms with E-state index in [-0.39, 0.29) is 17.5 Å². The van der Waals surface area contributed by atoms with E-state index in [2.05, 4.69) is 10.1 Å². The number of esters is 1. The lowest BCUT2D eigenvalue weighted by Gasteiger charge is -2.24. The minimum Gasteiger partial charge on any atom is -0.462 e. The van der Waals surface area contributed by atoms with Gasteiger partial charge in [0.1, 0.15) is 23.2 Å². The SMILES string of the molecule is CC(C)OC(=O)C(C)NP(COC1C=CC(n2cc(Cl)c(=O)[nH]c2=O)O1)Oc1ccccc1. The summed E-state index contributed by atoms with van der Waals surface area (Å²) in [7, 11) is -1.46. The molecule has 2 heterocycles. The van der Waals surface area contributed by atoms with Crippen LogP contribution < -0.4 is 20.9 Å². The molecule has 0 spiro atoms. The van der Waals surface area contributed by atoms with Gasteiger partial charge in [0.05, 0.1) is 6.10 Å². The number of para-hydroxylation sites is 1. The fraction of sp³-hybridized carbons (Fsp3) is 0.381. The Labute approximate surface area is 196 Å². The van der Waals surface area contributed by atoms with Crippen molar-refractivity contribution in [3.63, 3.8) is 0 Å². The molecule has 12 heteroatoms. The van der Waals surface area contributed by atoms with E-state index in [1.165, 1.54) is 6.20 Å². The van der Waals surface area contributed by atoms with Gasteiger partial charge >= 0.3 is 11.7 Å². The third-order valence-electron chi connectivity index (χ3n) is 4.26. The van der Waals surface area contributed by atoms with Gasteiger partial charge in [-0.1, -0.05) is 29.8 Å². The van der Waals surface area contributed by atoms with E-state index in [9.17, 15) is 14.4 Å². The zero-order valence-electron chi connectivity index (χ0n) is 18.3. The van der Waals surface area contributed by atoms with Crippen molar-refractivity contribution >= 4 is 25.9 Å². The number of ether oxygens (including phenoxy) is 3. The van der Waals surface area contributed by atoms with Gasteiger partial charge in [-0.3, -0.25) is 19.1 Å². The number of halogens is 1. The highest BCUT2D eigenvalue weighted by Crippen LogP contribution is 2.36. The van der Waals surface area contributed by atoms with Gasteiger partial charge in [-0.25, -0.2) is 9.88 Å².